The van der Waals surface area contributed by atoms with Crippen molar-refractivity contribution in [1.29, 1.82) is 0 Å². The SMILES string of the molecule is CCCN1CCC(N(Cc2ccccc2)C(=O)c2cccc(C(F)(F)F)c2)CC1. The number of nitrogens with zero attached hydrogens (tertiary/aromatic N) is 2. The molecule has 0 atom stereocenters. The van der Waals surface area contributed by atoms with Gasteiger partial charge in [-0.2, -0.15) is 13.2 Å². The molecule has 1 aliphatic heterocycles. The second-order valence-electron chi connectivity index (χ2n) is 7.57. The minimum atomic E-state index is -4.47. The minimum absolute atomic E-state index is 0.0188. The zero-order valence-electron chi connectivity index (χ0n) is 16.7. The van der Waals surface area contributed by atoms with Crippen LogP contribution in [0.15, 0.2) is 54.6 Å². The summed E-state index contributed by atoms with van der Waals surface area (Å²) in [5, 5.41) is 0. The number of hydrogen-bond donors (Lipinski definition) is 0. The van der Waals surface area contributed by atoms with Gasteiger partial charge < -0.3 is 9.80 Å². The van der Waals surface area contributed by atoms with Crippen molar-refractivity contribution < 1.29 is 18.0 Å². The van der Waals surface area contributed by atoms with E-state index in [9.17, 15) is 18.0 Å². The van der Waals surface area contributed by atoms with E-state index in [0.29, 0.717) is 6.54 Å². The Hall–Kier alpha value is -2.34. The van der Waals surface area contributed by atoms with Gasteiger partial charge in [-0.15, -0.1) is 0 Å². The molecule has 29 heavy (non-hydrogen) atoms. The summed E-state index contributed by atoms with van der Waals surface area (Å²) in [7, 11) is 0. The van der Waals surface area contributed by atoms with E-state index < -0.39 is 11.7 Å². The van der Waals surface area contributed by atoms with Crippen LogP contribution in [0, 0.1) is 0 Å². The fourth-order valence-corrected chi connectivity index (χ4v) is 3.91. The summed E-state index contributed by atoms with van der Waals surface area (Å²) in [5.41, 5.74) is 0.274. The van der Waals surface area contributed by atoms with E-state index in [1.807, 2.05) is 30.3 Å². The van der Waals surface area contributed by atoms with Crippen LogP contribution in [0.2, 0.25) is 0 Å². The number of piperidine rings is 1. The van der Waals surface area contributed by atoms with Gasteiger partial charge in [-0.05, 0) is 49.6 Å². The molecular weight excluding hydrogens is 377 g/mol. The van der Waals surface area contributed by atoms with Crippen molar-refractivity contribution in [2.24, 2.45) is 0 Å². The molecule has 0 saturated carbocycles. The van der Waals surface area contributed by atoms with Gasteiger partial charge in [0.25, 0.3) is 5.91 Å². The summed E-state index contributed by atoms with van der Waals surface area (Å²) < 4.78 is 39.4. The summed E-state index contributed by atoms with van der Waals surface area (Å²) in [6.07, 6.45) is -1.72. The zero-order chi connectivity index (χ0) is 20.9. The number of carbonyl (C=O) groups excluding carboxylic acids is 1. The Morgan fingerprint density at radius 1 is 1.07 bits per heavy atom. The van der Waals surface area contributed by atoms with Crippen molar-refractivity contribution in [3.8, 4) is 0 Å². The van der Waals surface area contributed by atoms with Crippen molar-refractivity contribution in [1.82, 2.24) is 9.80 Å². The van der Waals surface area contributed by atoms with Gasteiger partial charge in [-0.25, -0.2) is 0 Å². The highest BCUT2D eigenvalue weighted by Gasteiger charge is 2.33. The average Bonchev–Trinajstić information content (AvgIpc) is 2.73. The van der Waals surface area contributed by atoms with Gasteiger partial charge >= 0.3 is 6.18 Å². The Kier molecular flexibility index (Phi) is 6.96. The lowest BCUT2D eigenvalue weighted by Crippen LogP contribution is -2.47. The summed E-state index contributed by atoms with van der Waals surface area (Å²) in [6, 6.07) is 14.4. The monoisotopic (exact) mass is 404 g/mol. The van der Waals surface area contributed by atoms with Crippen molar-refractivity contribution in [3.05, 3.63) is 71.3 Å². The third-order valence-corrected chi connectivity index (χ3v) is 5.43. The van der Waals surface area contributed by atoms with Crippen LogP contribution in [0.5, 0.6) is 0 Å². The van der Waals surface area contributed by atoms with Crippen molar-refractivity contribution >= 4 is 5.91 Å². The van der Waals surface area contributed by atoms with E-state index in [4.69, 9.17) is 0 Å². The van der Waals surface area contributed by atoms with E-state index in [1.165, 1.54) is 12.1 Å². The van der Waals surface area contributed by atoms with E-state index in [1.54, 1.807) is 4.90 Å². The second kappa shape index (κ2) is 9.44. The Morgan fingerprint density at radius 3 is 2.38 bits per heavy atom. The van der Waals surface area contributed by atoms with Crippen LogP contribution < -0.4 is 0 Å². The summed E-state index contributed by atoms with van der Waals surface area (Å²) in [5.74, 6) is -0.339. The zero-order valence-corrected chi connectivity index (χ0v) is 16.7. The summed E-state index contributed by atoms with van der Waals surface area (Å²) >= 11 is 0. The maximum Gasteiger partial charge on any atom is 0.416 e. The topological polar surface area (TPSA) is 23.6 Å². The molecule has 1 aliphatic rings. The molecule has 6 heteroatoms. The molecule has 0 spiro atoms. The number of alkyl halides is 3. The number of rotatable bonds is 6. The molecule has 3 nitrogen and oxygen atoms in total. The maximum absolute atomic E-state index is 13.3. The van der Waals surface area contributed by atoms with E-state index >= 15 is 0 Å². The minimum Gasteiger partial charge on any atom is -0.331 e. The molecule has 0 aromatic heterocycles. The molecule has 2 aromatic rings. The number of amides is 1. The third-order valence-electron chi connectivity index (χ3n) is 5.43. The standard InChI is InChI=1S/C23H27F3N2O/c1-2-13-27-14-11-21(12-15-27)28(17-18-7-4-3-5-8-18)22(29)19-9-6-10-20(16-19)23(24,25)26/h3-10,16,21H,2,11-15,17H2,1H3. The number of halogens is 3. The van der Waals surface area contributed by atoms with Gasteiger partial charge in [0, 0.05) is 31.2 Å². The summed E-state index contributed by atoms with van der Waals surface area (Å²) in [4.78, 5) is 17.4. The molecule has 0 N–H and O–H groups in total. The fourth-order valence-electron chi connectivity index (χ4n) is 3.91. The number of benzene rings is 2. The number of hydrogen-bond acceptors (Lipinski definition) is 2. The van der Waals surface area contributed by atoms with Crippen LogP contribution in [0.3, 0.4) is 0 Å². The van der Waals surface area contributed by atoms with Gasteiger partial charge in [0.2, 0.25) is 0 Å². The second-order valence-corrected chi connectivity index (χ2v) is 7.57. The highest BCUT2D eigenvalue weighted by Crippen LogP contribution is 2.30. The van der Waals surface area contributed by atoms with Crippen LogP contribution in [0.4, 0.5) is 13.2 Å². The number of carbonyl (C=O) groups is 1. The Balaban J connectivity index is 1.84. The lowest BCUT2D eigenvalue weighted by atomic mass is 10.00. The van der Waals surface area contributed by atoms with Crippen LogP contribution in [-0.2, 0) is 12.7 Å². The normalized spacial score (nSPS) is 16.0. The molecule has 1 heterocycles. The average molecular weight is 404 g/mol. The van der Waals surface area contributed by atoms with Crippen LogP contribution in [0.25, 0.3) is 0 Å². The Bertz CT molecular complexity index is 799. The third kappa shape index (κ3) is 5.60. The van der Waals surface area contributed by atoms with Crippen LogP contribution >= 0.6 is 0 Å². The lowest BCUT2D eigenvalue weighted by molar-refractivity contribution is -0.137. The van der Waals surface area contributed by atoms with Crippen LogP contribution in [0.1, 0.15) is 47.7 Å². The quantitative estimate of drug-likeness (QED) is 0.659. The number of likely N-dealkylation sites (tertiary alicyclic amines) is 1. The molecule has 1 saturated heterocycles. The largest absolute Gasteiger partial charge is 0.416 e. The fraction of sp³-hybridized carbons (Fsp3) is 0.435. The van der Waals surface area contributed by atoms with Crippen molar-refractivity contribution in [3.63, 3.8) is 0 Å². The molecule has 0 unspecified atom stereocenters. The first-order valence-corrected chi connectivity index (χ1v) is 10.1. The van der Waals surface area contributed by atoms with Gasteiger partial charge in [-0.1, -0.05) is 43.3 Å². The van der Waals surface area contributed by atoms with Gasteiger partial charge in [0.1, 0.15) is 0 Å². The first-order valence-electron chi connectivity index (χ1n) is 10.1. The smallest absolute Gasteiger partial charge is 0.331 e. The van der Waals surface area contributed by atoms with Gasteiger partial charge in [0.05, 0.1) is 5.56 Å². The van der Waals surface area contributed by atoms with Crippen molar-refractivity contribution in [2.45, 2.75) is 44.9 Å². The van der Waals surface area contributed by atoms with Crippen molar-refractivity contribution in [2.75, 3.05) is 19.6 Å². The van der Waals surface area contributed by atoms with E-state index in [2.05, 4.69) is 11.8 Å². The molecular formula is C23H27F3N2O. The van der Waals surface area contributed by atoms with E-state index in [-0.39, 0.29) is 17.5 Å². The summed E-state index contributed by atoms with van der Waals surface area (Å²) in [6.45, 7) is 5.38. The highest BCUT2D eigenvalue weighted by atomic mass is 19.4. The van der Waals surface area contributed by atoms with Gasteiger partial charge in [-0.3, -0.25) is 4.79 Å². The molecule has 0 bridgehead atoms. The molecule has 156 valence electrons. The predicted molar refractivity (Wildman–Crippen MR) is 108 cm³/mol. The Morgan fingerprint density at radius 2 is 1.76 bits per heavy atom. The molecule has 0 aliphatic carbocycles. The predicted octanol–water partition coefficient (Wildman–Crippen LogP) is 5.22. The van der Waals surface area contributed by atoms with Crippen LogP contribution in [-0.4, -0.2) is 41.4 Å². The molecule has 3 rings (SSSR count). The maximum atomic E-state index is 13.3. The lowest BCUT2D eigenvalue weighted by Gasteiger charge is -2.38. The van der Waals surface area contributed by atoms with E-state index in [0.717, 1.165) is 56.6 Å². The molecule has 1 fully saturated rings. The molecule has 2 aromatic carbocycles. The first kappa shape index (κ1) is 21.4. The molecule has 1 amide bonds. The molecule has 0 radical (unpaired) electrons. The first-order chi connectivity index (χ1) is 13.9. The van der Waals surface area contributed by atoms with Gasteiger partial charge in [0.15, 0.2) is 0 Å². The highest BCUT2D eigenvalue weighted by molar-refractivity contribution is 5.94. The Labute approximate surface area is 170 Å².